The van der Waals surface area contributed by atoms with Crippen LogP contribution in [0.15, 0.2) is 18.2 Å². The molecule has 0 radical (unpaired) electrons. The van der Waals surface area contributed by atoms with Gasteiger partial charge in [0.25, 0.3) is 17.7 Å². The van der Waals surface area contributed by atoms with Gasteiger partial charge >= 0.3 is 0 Å². The molecule has 1 saturated heterocycles. The predicted molar refractivity (Wildman–Crippen MR) is 72.2 cm³/mol. The number of carbonyl (C=O) groups excluding carboxylic acids is 4. The van der Waals surface area contributed by atoms with E-state index in [-0.39, 0.29) is 35.7 Å². The van der Waals surface area contributed by atoms with Crippen LogP contribution in [0.25, 0.3) is 0 Å². The Kier molecular flexibility index (Phi) is 2.79. The minimum absolute atomic E-state index is 0.109. The summed E-state index contributed by atoms with van der Waals surface area (Å²) in [5, 5.41) is 0. The molecule has 2 N–H and O–H groups in total. The number of benzene rings is 1. The van der Waals surface area contributed by atoms with E-state index < -0.39 is 23.8 Å². The summed E-state index contributed by atoms with van der Waals surface area (Å²) in [6.45, 7) is 1.89. The van der Waals surface area contributed by atoms with Gasteiger partial charge in [0.05, 0.1) is 17.5 Å². The molecule has 1 aromatic carbocycles. The van der Waals surface area contributed by atoms with Crippen LogP contribution in [0, 0.1) is 0 Å². The molecule has 1 atom stereocenters. The van der Waals surface area contributed by atoms with Crippen LogP contribution in [-0.4, -0.2) is 46.0 Å². The molecule has 2 aliphatic rings. The fraction of sp³-hybridized carbons (Fsp3) is 0.286. The normalized spacial score (nSPS) is 21.5. The first-order valence-electron chi connectivity index (χ1n) is 6.58. The third-order valence-electron chi connectivity index (χ3n) is 3.83. The van der Waals surface area contributed by atoms with Crippen LogP contribution in [0.2, 0.25) is 0 Å². The Hall–Kier alpha value is -2.70. The minimum Gasteiger partial charge on any atom is -0.398 e. The Balaban J connectivity index is 2.02. The van der Waals surface area contributed by atoms with E-state index in [1.54, 1.807) is 13.0 Å². The zero-order valence-electron chi connectivity index (χ0n) is 11.3. The Morgan fingerprint density at radius 3 is 2.48 bits per heavy atom. The Bertz CT molecular complexity index is 697. The van der Waals surface area contributed by atoms with Gasteiger partial charge in [0.2, 0.25) is 5.91 Å². The molecule has 21 heavy (non-hydrogen) atoms. The van der Waals surface area contributed by atoms with Gasteiger partial charge in [-0.15, -0.1) is 0 Å². The molecule has 0 aromatic heterocycles. The number of likely N-dealkylation sites (tertiary alicyclic amines) is 1. The number of hydrogen-bond donors (Lipinski definition) is 1. The topological polar surface area (TPSA) is 101 Å². The highest BCUT2D eigenvalue weighted by Crippen LogP contribution is 2.32. The highest BCUT2D eigenvalue weighted by molar-refractivity contribution is 6.26. The molecule has 108 valence electrons. The molecular weight excluding hydrogens is 274 g/mol. The van der Waals surface area contributed by atoms with E-state index in [4.69, 9.17) is 5.73 Å². The third-order valence-corrected chi connectivity index (χ3v) is 3.83. The molecule has 4 amide bonds. The molecule has 0 aliphatic carbocycles. The van der Waals surface area contributed by atoms with Gasteiger partial charge in [-0.1, -0.05) is 6.07 Å². The van der Waals surface area contributed by atoms with E-state index in [1.807, 2.05) is 0 Å². The molecule has 2 aliphatic heterocycles. The number of nitrogens with two attached hydrogens (primary N) is 1. The summed E-state index contributed by atoms with van der Waals surface area (Å²) in [5.41, 5.74) is 6.22. The SMILES string of the molecule is CCN1C(=O)CC(N2C(=O)c3cccc(N)c3C2=O)C1=O. The minimum atomic E-state index is -1.07. The van der Waals surface area contributed by atoms with Gasteiger partial charge in [0, 0.05) is 12.2 Å². The van der Waals surface area contributed by atoms with Crippen molar-refractivity contribution in [2.75, 3.05) is 12.3 Å². The Morgan fingerprint density at radius 2 is 1.90 bits per heavy atom. The second-order valence-electron chi connectivity index (χ2n) is 4.95. The summed E-state index contributed by atoms with van der Waals surface area (Å²) in [6.07, 6.45) is -0.169. The van der Waals surface area contributed by atoms with E-state index >= 15 is 0 Å². The van der Waals surface area contributed by atoms with E-state index in [0.29, 0.717) is 0 Å². The van der Waals surface area contributed by atoms with Crippen molar-refractivity contribution in [2.24, 2.45) is 0 Å². The lowest BCUT2D eigenvalue weighted by Crippen LogP contribution is -2.45. The van der Waals surface area contributed by atoms with Crippen LogP contribution in [0.1, 0.15) is 34.1 Å². The maximum Gasteiger partial charge on any atom is 0.264 e. The highest BCUT2D eigenvalue weighted by Gasteiger charge is 2.49. The lowest BCUT2D eigenvalue weighted by Gasteiger charge is -2.20. The number of likely N-dealkylation sites (N-methyl/N-ethyl adjacent to an activating group) is 1. The summed E-state index contributed by atoms with van der Waals surface area (Å²) in [5.74, 6) is -2.09. The molecule has 1 unspecified atom stereocenters. The zero-order valence-corrected chi connectivity index (χ0v) is 11.3. The van der Waals surface area contributed by atoms with E-state index in [0.717, 1.165) is 9.80 Å². The summed E-state index contributed by atoms with van der Waals surface area (Å²) in [4.78, 5) is 50.6. The predicted octanol–water partition coefficient (Wildman–Crippen LogP) is 0.0122. The number of imide groups is 2. The van der Waals surface area contributed by atoms with Crippen molar-refractivity contribution >= 4 is 29.3 Å². The lowest BCUT2D eigenvalue weighted by molar-refractivity contribution is -0.139. The first-order chi connectivity index (χ1) is 9.97. The van der Waals surface area contributed by atoms with Crippen LogP contribution in [0.3, 0.4) is 0 Å². The van der Waals surface area contributed by atoms with Crippen LogP contribution < -0.4 is 5.73 Å². The maximum absolute atomic E-state index is 12.4. The molecule has 2 heterocycles. The molecule has 7 heteroatoms. The molecular formula is C14H13N3O4. The summed E-state index contributed by atoms with van der Waals surface area (Å²) >= 11 is 0. The summed E-state index contributed by atoms with van der Waals surface area (Å²) < 4.78 is 0. The zero-order chi connectivity index (χ0) is 15.3. The van der Waals surface area contributed by atoms with Crippen molar-refractivity contribution < 1.29 is 19.2 Å². The van der Waals surface area contributed by atoms with Crippen LogP contribution in [0.4, 0.5) is 5.69 Å². The summed E-state index contributed by atoms with van der Waals surface area (Å²) in [6, 6.07) is 3.52. The number of nitrogen functional groups attached to an aromatic ring is 1. The first-order valence-corrected chi connectivity index (χ1v) is 6.58. The van der Waals surface area contributed by atoms with Crippen molar-refractivity contribution in [3.8, 4) is 0 Å². The second-order valence-corrected chi connectivity index (χ2v) is 4.95. The van der Waals surface area contributed by atoms with Gasteiger partial charge in [0.1, 0.15) is 6.04 Å². The van der Waals surface area contributed by atoms with Crippen molar-refractivity contribution in [3.05, 3.63) is 29.3 Å². The monoisotopic (exact) mass is 287 g/mol. The molecule has 1 aromatic rings. The maximum atomic E-state index is 12.4. The van der Waals surface area contributed by atoms with Crippen molar-refractivity contribution in [1.29, 1.82) is 0 Å². The van der Waals surface area contributed by atoms with Crippen LogP contribution >= 0.6 is 0 Å². The smallest absolute Gasteiger partial charge is 0.264 e. The summed E-state index contributed by atoms with van der Waals surface area (Å²) in [7, 11) is 0. The number of amides is 4. The van der Waals surface area contributed by atoms with Crippen molar-refractivity contribution in [1.82, 2.24) is 9.80 Å². The molecule has 1 fully saturated rings. The lowest BCUT2D eigenvalue weighted by atomic mass is 10.1. The highest BCUT2D eigenvalue weighted by atomic mass is 16.2. The number of hydrogen-bond acceptors (Lipinski definition) is 5. The van der Waals surface area contributed by atoms with Gasteiger partial charge in [-0.3, -0.25) is 29.0 Å². The van der Waals surface area contributed by atoms with Gasteiger partial charge in [-0.05, 0) is 19.1 Å². The van der Waals surface area contributed by atoms with Crippen molar-refractivity contribution in [3.63, 3.8) is 0 Å². The molecule has 3 rings (SSSR count). The van der Waals surface area contributed by atoms with Gasteiger partial charge in [-0.25, -0.2) is 0 Å². The molecule has 7 nitrogen and oxygen atoms in total. The van der Waals surface area contributed by atoms with Gasteiger partial charge < -0.3 is 5.73 Å². The average molecular weight is 287 g/mol. The quantitative estimate of drug-likeness (QED) is 0.610. The standard InChI is InChI=1S/C14H13N3O4/c1-2-16-10(18)6-9(13(16)20)17-12(19)7-4-3-5-8(15)11(7)14(17)21/h3-5,9H,2,6,15H2,1H3. The Morgan fingerprint density at radius 1 is 1.19 bits per heavy atom. The number of fused-ring (bicyclic) bond motifs is 1. The number of rotatable bonds is 2. The Labute approximate surface area is 120 Å². The average Bonchev–Trinajstić information content (AvgIpc) is 2.86. The largest absolute Gasteiger partial charge is 0.398 e. The van der Waals surface area contributed by atoms with E-state index in [1.165, 1.54) is 12.1 Å². The van der Waals surface area contributed by atoms with Crippen molar-refractivity contribution in [2.45, 2.75) is 19.4 Å². The molecule has 0 bridgehead atoms. The molecule has 0 spiro atoms. The third kappa shape index (κ3) is 1.67. The second kappa shape index (κ2) is 4.41. The van der Waals surface area contributed by atoms with Gasteiger partial charge in [-0.2, -0.15) is 0 Å². The fourth-order valence-corrected chi connectivity index (χ4v) is 2.81. The number of nitrogens with zero attached hydrogens (tertiary/aromatic N) is 2. The van der Waals surface area contributed by atoms with Gasteiger partial charge in [0.15, 0.2) is 0 Å². The van der Waals surface area contributed by atoms with E-state index in [2.05, 4.69) is 0 Å². The number of anilines is 1. The first kappa shape index (κ1) is 13.3. The van der Waals surface area contributed by atoms with E-state index in [9.17, 15) is 19.2 Å². The van der Waals surface area contributed by atoms with Crippen LogP contribution in [0.5, 0.6) is 0 Å². The number of carbonyl (C=O) groups is 4. The fourth-order valence-electron chi connectivity index (χ4n) is 2.81. The molecule has 0 saturated carbocycles. The van der Waals surface area contributed by atoms with Crippen LogP contribution in [-0.2, 0) is 9.59 Å².